The molecule has 4 aliphatic rings. The Hall–Kier alpha value is -4.78. The summed E-state index contributed by atoms with van der Waals surface area (Å²) in [5, 5.41) is 18.2. The molecule has 2 amide bonds. The summed E-state index contributed by atoms with van der Waals surface area (Å²) >= 11 is 4.45. The zero-order valence-corrected chi connectivity index (χ0v) is 41.1. The number of nitriles is 1. The fraction of sp³-hybridized carbons (Fsp3) is 0.256. The quantitative estimate of drug-likeness (QED) is 0.0321. The molecule has 0 bridgehead atoms. The fourth-order valence-electron chi connectivity index (χ4n) is 7.97. The third-order valence-corrected chi connectivity index (χ3v) is 12.1. The first kappa shape index (κ1) is 49.6. The van der Waals surface area contributed by atoms with Gasteiger partial charge < -0.3 is 61.2 Å². The molecule has 0 saturated heterocycles. The van der Waals surface area contributed by atoms with Crippen molar-refractivity contribution in [2.75, 3.05) is 38.1 Å². The van der Waals surface area contributed by atoms with Crippen molar-refractivity contribution in [3.8, 4) is 29.1 Å². The van der Waals surface area contributed by atoms with Gasteiger partial charge in [-0.3, -0.25) is 9.59 Å². The molecule has 324 valence electrons. The smallest absolute Gasteiger partial charge is 0.746 e. The summed E-state index contributed by atoms with van der Waals surface area (Å²) in [6, 6.07) is 20.0. The van der Waals surface area contributed by atoms with Gasteiger partial charge in [-0.25, -0.2) is 13.3 Å². The monoisotopic (exact) mass is 938 g/mol. The molecule has 22 heteroatoms. The van der Waals surface area contributed by atoms with Crippen LogP contribution in [0.1, 0.15) is 56.7 Å². The van der Waals surface area contributed by atoms with E-state index in [0.717, 1.165) is 11.1 Å². The molecule has 0 aromatic heterocycles. The molecule has 4 aliphatic heterocycles. The number of nitrogens with one attached hydrogen (secondary N) is 2. The largest absolute Gasteiger partial charge is 1.00 e. The van der Waals surface area contributed by atoms with E-state index in [4.69, 9.17) is 30.4 Å². The first-order valence-corrected chi connectivity index (χ1v) is 21.1. The van der Waals surface area contributed by atoms with Crippen molar-refractivity contribution in [2.24, 2.45) is 0 Å². The molecule has 18 nitrogen and oxygen atoms in total. The second kappa shape index (κ2) is 21.2. The van der Waals surface area contributed by atoms with E-state index in [2.05, 4.69) is 37.8 Å². The van der Waals surface area contributed by atoms with Crippen LogP contribution in [0.4, 0.5) is 17.1 Å². The molecular weight excluding hydrogens is 903 g/mol. The Morgan fingerprint density at radius 2 is 1.31 bits per heavy atom. The Kier molecular flexibility index (Phi) is 16.2. The van der Waals surface area contributed by atoms with E-state index < -0.39 is 39.7 Å². The minimum absolute atomic E-state index is 0. The van der Waals surface area contributed by atoms with Crippen LogP contribution in [0.15, 0.2) is 85.2 Å². The first-order valence-electron chi connectivity index (χ1n) is 19.3. The molecule has 0 radical (unpaired) electrons. The van der Waals surface area contributed by atoms with Crippen LogP contribution in [-0.4, -0.2) is 85.7 Å². The maximum Gasteiger partial charge on any atom is 1.00 e. The summed E-state index contributed by atoms with van der Waals surface area (Å²) in [7, 11) is -2.16. The second-order valence-electron chi connectivity index (χ2n) is 14.6. The van der Waals surface area contributed by atoms with Crippen molar-refractivity contribution in [3.05, 3.63) is 124 Å². The normalized spacial score (nSPS) is 19.3. The predicted octanol–water partition coefficient (Wildman–Crippen LogP) is -0.117. The number of rotatable bonds is 14. The van der Waals surface area contributed by atoms with Crippen LogP contribution in [0, 0.1) is 17.9 Å². The van der Waals surface area contributed by atoms with Crippen LogP contribution in [-0.2, 0) is 37.3 Å². The number of carbonyl (C=O) groups is 2. The van der Waals surface area contributed by atoms with Gasteiger partial charge >= 0.3 is 59.1 Å². The van der Waals surface area contributed by atoms with Gasteiger partial charge in [0.15, 0.2) is 34.9 Å². The van der Waals surface area contributed by atoms with Crippen molar-refractivity contribution in [2.45, 2.75) is 42.9 Å². The third kappa shape index (κ3) is 10.3. The number of amides is 2. The van der Waals surface area contributed by atoms with Crippen LogP contribution in [0.2, 0.25) is 0 Å². The molecule has 0 aliphatic carbocycles. The zero-order valence-electron chi connectivity index (χ0n) is 35.4. The van der Waals surface area contributed by atoms with Gasteiger partial charge in [0.25, 0.3) is 11.8 Å². The molecule has 8 rings (SSSR count). The molecule has 0 fully saturated rings. The topological polar surface area (TPSA) is 215 Å². The molecule has 2 unspecified atom stereocenters. The number of fused-ring (bicyclic) bond motifs is 4. The molecule has 4 heterocycles. The van der Waals surface area contributed by atoms with Gasteiger partial charge in [0.05, 0.1) is 80.2 Å². The predicted molar refractivity (Wildman–Crippen MR) is 226 cm³/mol. The van der Waals surface area contributed by atoms with Crippen LogP contribution in [0.25, 0.3) is 16.0 Å². The van der Waals surface area contributed by atoms with Crippen molar-refractivity contribution < 1.29 is 115 Å². The molecular formula is C43H36N6Na2O12S2. The van der Waals surface area contributed by atoms with Crippen molar-refractivity contribution >= 4 is 63.1 Å². The molecule has 4 aromatic rings. The number of ether oxygens (including phenoxy) is 4. The number of methoxy groups -OCH3 is 2. The second-order valence-corrected chi connectivity index (χ2v) is 16.3. The van der Waals surface area contributed by atoms with Gasteiger partial charge in [-0.2, -0.15) is 10.1 Å². The van der Waals surface area contributed by atoms with Gasteiger partial charge in [0, 0.05) is 31.0 Å². The van der Waals surface area contributed by atoms with Gasteiger partial charge in [0.1, 0.15) is 15.5 Å². The Balaban J connectivity index is 0.00000350. The molecule has 0 saturated carbocycles. The average molecular weight is 939 g/mol. The number of benzene rings is 4. The van der Waals surface area contributed by atoms with Crippen LogP contribution in [0.5, 0.6) is 23.0 Å². The van der Waals surface area contributed by atoms with E-state index in [1.54, 1.807) is 54.7 Å². The van der Waals surface area contributed by atoms with Crippen molar-refractivity contribution in [3.63, 3.8) is 0 Å². The summed E-state index contributed by atoms with van der Waals surface area (Å²) in [5.41, 5.74) is 4.65. The maximum absolute atomic E-state index is 14.1. The molecule has 4 atom stereocenters. The van der Waals surface area contributed by atoms with Crippen LogP contribution < -0.4 is 88.7 Å². The number of anilines is 2. The summed E-state index contributed by atoms with van der Waals surface area (Å²) in [4.78, 5) is 39.7. The van der Waals surface area contributed by atoms with E-state index in [1.165, 1.54) is 42.4 Å². The summed E-state index contributed by atoms with van der Waals surface area (Å²) in [6.07, 6.45) is 3.05. The first-order chi connectivity index (χ1) is 30.4. The van der Waals surface area contributed by atoms with E-state index in [9.17, 15) is 27.8 Å². The van der Waals surface area contributed by atoms with Gasteiger partial charge in [-0.1, -0.05) is 41.4 Å². The third-order valence-electron chi connectivity index (χ3n) is 11.0. The fourth-order valence-corrected chi connectivity index (χ4v) is 8.88. The zero-order chi connectivity index (χ0) is 44.4. The number of nitrogens with zero attached hydrogens (tertiary/aromatic N) is 4. The Labute approximate surface area is 424 Å². The average Bonchev–Trinajstić information content (AvgIpc) is 3.90. The van der Waals surface area contributed by atoms with E-state index in [1.807, 2.05) is 18.2 Å². The van der Waals surface area contributed by atoms with Crippen molar-refractivity contribution in [1.29, 1.82) is 5.26 Å². The number of hydrogen-bond donors (Lipinski definition) is 2. The summed E-state index contributed by atoms with van der Waals surface area (Å²) < 4.78 is 65.7. The Morgan fingerprint density at radius 3 is 1.80 bits per heavy atom. The van der Waals surface area contributed by atoms with E-state index in [-0.39, 0.29) is 119 Å². The van der Waals surface area contributed by atoms with E-state index in [0.29, 0.717) is 46.7 Å². The Morgan fingerprint density at radius 1 is 0.800 bits per heavy atom. The van der Waals surface area contributed by atoms with E-state index >= 15 is 0 Å². The van der Waals surface area contributed by atoms with Crippen LogP contribution in [0.3, 0.4) is 0 Å². The minimum atomic E-state index is -5.00. The van der Waals surface area contributed by atoms with Crippen molar-refractivity contribution in [1.82, 2.24) is 9.80 Å². The van der Waals surface area contributed by atoms with Gasteiger partial charge in [-0.15, -0.1) is 0 Å². The molecule has 0 spiro atoms. The summed E-state index contributed by atoms with van der Waals surface area (Å²) in [5.74, 6) is 0.0238. The molecule has 4 aromatic carbocycles. The Bertz CT molecular complexity index is 2730. The summed E-state index contributed by atoms with van der Waals surface area (Å²) in [6.45, 7) is 7.42. The SMILES string of the molecule is [C-]#[N+]c1ccc(C2=CN3C(=O)c4cc(OC)c(OCCCOc5cc6c(cc5OC)C(=O)N5C=C(c7ccc(C#N)cc7)C[C@H]5C(S(=O)(=O)[O-])N6)cc4NC(OOO[S-])[C@@H]3C2)cc1.[Na+].[Na+]. The number of hydrogen-bond acceptors (Lipinski definition) is 16. The van der Waals surface area contributed by atoms with Gasteiger partial charge in [-0.05, 0) is 59.4 Å². The maximum atomic E-state index is 14.1. The molecule has 2 N–H and O–H groups in total. The molecule has 65 heavy (non-hydrogen) atoms. The van der Waals surface area contributed by atoms with Crippen LogP contribution >= 0.6 is 0 Å². The number of carbonyl (C=O) groups excluding carboxylic acids is 2. The standard InChI is InChI=1S/C43H38N6O12S2.2Na/c1-45-29-11-9-26(10-12-29)27-15-34-40(59-60-61-62)46-32-19-38(36(55-2)17-30(32)42(50)48(34)22-27)57-13-4-14-58-39-20-33-31(18-37(39)56-3)43(51)49-23-28(25-7-5-24(21-44)6-8-25)16-35(49)41(47-33)63(52,53)54;;/h5-12,17-20,22-23,34-35,40-41,46-47,62H,4,13-16H2,2-3H3,(H,52,53,54);;/q;2*+1/p-2/t34-,35-,40?,41?;;/m0../s1. The van der Waals surface area contributed by atoms with Gasteiger partial charge in [0.2, 0.25) is 0 Å². The minimum Gasteiger partial charge on any atom is -0.746 e.